The van der Waals surface area contributed by atoms with Gasteiger partial charge < -0.3 is 9.80 Å². The monoisotopic (exact) mass is 447 g/mol. The van der Waals surface area contributed by atoms with E-state index in [0.29, 0.717) is 36.9 Å². The van der Waals surface area contributed by atoms with Crippen molar-refractivity contribution in [2.45, 2.75) is 43.8 Å². The summed E-state index contributed by atoms with van der Waals surface area (Å²) in [5.74, 6) is 0.520. The zero-order valence-electron chi connectivity index (χ0n) is 17.9. The van der Waals surface area contributed by atoms with E-state index in [2.05, 4.69) is 15.1 Å². The van der Waals surface area contributed by atoms with Gasteiger partial charge in [-0.05, 0) is 49.9 Å². The van der Waals surface area contributed by atoms with Crippen molar-refractivity contribution in [1.29, 1.82) is 0 Å². The highest BCUT2D eigenvalue weighted by molar-refractivity contribution is 5.92. The minimum absolute atomic E-state index is 0.0135. The van der Waals surface area contributed by atoms with E-state index in [1.165, 1.54) is 12.1 Å². The summed E-state index contributed by atoms with van der Waals surface area (Å²) in [6.45, 7) is 4.32. The molecular weight excluding hydrogens is 419 g/mol. The van der Waals surface area contributed by atoms with Gasteiger partial charge in [-0.25, -0.2) is 0 Å². The van der Waals surface area contributed by atoms with Gasteiger partial charge >= 0.3 is 6.18 Å². The lowest BCUT2D eigenvalue weighted by molar-refractivity contribution is -0.137. The standard InChI is InChI=1S/C23H28F3N5O/c24-23(25,26)17-3-1-4-18(13-17)29-9-11-30(12-10-29)19-5-2-8-31(15-19)22(32)21-14-20(27-28-21)16-6-7-16/h1,3-4,13-14,16,19H,2,5-12,15H2,(H,27,28)/t19-/m0/s1. The van der Waals surface area contributed by atoms with E-state index in [1.807, 2.05) is 15.9 Å². The Morgan fingerprint density at radius 2 is 1.81 bits per heavy atom. The van der Waals surface area contributed by atoms with Gasteiger partial charge in [-0.15, -0.1) is 0 Å². The molecule has 1 aromatic carbocycles. The Morgan fingerprint density at radius 3 is 2.53 bits per heavy atom. The average molecular weight is 448 g/mol. The van der Waals surface area contributed by atoms with Gasteiger partial charge in [-0.3, -0.25) is 14.8 Å². The molecule has 5 rings (SSSR count). The van der Waals surface area contributed by atoms with E-state index in [-0.39, 0.29) is 11.9 Å². The number of nitrogens with one attached hydrogen (secondary N) is 1. The Morgan fingerprint density at radius 1 is 1.03 bits per heavy atom. The Labute approximate surface area is 185 Å². The predicted octanol–water partition coefficient (Wildman–Crippen LogP) is 3.73. The Bertz CT molecular complexity index is 963. The number of aromatic nitrogens is 2. The number of aromatic amines is 1. The van der Waals surface area contributed by atoms with E-state index in [9.17, 15) is 18.0 Å². The average Bonchev–Trinajstić information content (AvgIpc) is 3.55. The van der Waals surface area contributed by atoms with Crippen LogP contribution in [-0.4, -0.2) is 71.2 Å². The molecule has 1 aliphatic carbocycles. The maximum atomic E-state index is 13.0. The summed E-state index contributed by atoms with van der Waals surface area (Å²) in [4.78, 5) is 19.3. The first kappa shape index (κ1) is 21.3. The van der Waals surface area contributed by atoms with Crippen molar-refractivity contribution in [3.8, 4) is 0 Å². The molecule has 3 fully saturated rings. The molecular formula is C23H28F3N5O. The summed E-state index contributed by atoms with van der Waals surface area (Å²) in [5.41, 5.74) is 1.57. The van der Waals surface area contributed by atoms with Crippen molar-refractivity contribution in [3.05, 3.63) is 47.3 Å². The Balaban J connectivity index is 1.18. The zero-order chi connectivity index (χ0) is 22.3. The molecule has 2 aliphatic heterocycles. The van der Waals surface area contributed by atoms with E-state index >= 15 is 0 Å². The van der Waals surface area contributed by atoms with Crippen LogP contribution in [0, 0.1) is 0 Å². The number of hydrogen-bond acceptors (Lipinski definition) is 4. The van der Waals surface area contributed by atoms with Crippen molar-refractivity contribution in [2.75, 3.05) is 44.2 Å². The lowest BCUT2D eigenvalue weighted by Crippen LogP contribution is -2.56. The van der Waals surface area contributed by atoms with Crippen LogP contribution in [0.5, 0.6) is 0 Å². The molecule has 1 saturated carbocycles. The second-order valence-corrected chi connectivity index (χ2v) is 9.10. The number of halogens is 3. The molecule has 172 valence electrons. The first-order chi connectivity index (χ1) is 15.4. The van der Waals surface area contributed by atoms with Crippen LogP contribution in [0.3, 0.4) is 0 Å². The maximum absolute atomic E-state index is 13.0. The quantitative estimate of drug-likeness (QED) is 0.776. The lowest BCUT2D eigenvalue weighted by Gasteiger charge is -2.43. The van der Waals surface area contributed by atoms with Gasteiger partial charge in [0.1, 0.15) is 5.69 Å². The number of H-pyrrole nitrogens is 1. The number of carbonyl (C=O) groups excluding carboxylic acids is 1. The SMILES string of the molecule is O=C(c1cc(C2CC2)[nH]n1)N1CCC[C@H](N2CCN(c3cccc(C(F)(F)F)c3)CC2)C1. The number of hydrogen-bond donors (Lipinski definition) is 1. The maximum Gasteiger partial charge on any atom is 0.416 e. The Kier molecular flexibility index (Phi) is 5.61. The first-order valence-corrected chi connectivity index (χ1v) is 11.4. The minimum atomic E-state index is -4.33. The van der Waals surface area contributed by atoms with Crippen molar-refractivity contribution in [1.82, 2.24) is 20.0 Å². The number of nitrogens with zero attached hydrogens (tertiary/aromatic N) is 4. The summed E-state index contributed by atoms with van der Waals surface area (Å²) in [7, 11) is 0. The number of benzene rings is 1. The van der Waals surface area contributed by atoms with Crippen molar-refractivity contribution < 1.29 is 18.0 Å². The van der Waals surface area contributed by atoms with Gasteiger partial charge in [0, 0.05) is 62.6 Å². The first-order valence-electron chi connectivity index (χ1n) is 11.4. The number of carbonyl (C=O) groups is 1. The zero-order valence-corrected chi connectivity index (χ0v) is 17.9. The van der Waals surface area contributed by atoms with E-state index in [1.54, 1.807) is 6.07 Å². The molecule has 1 N–H and O–H groups in total. The Hall–Kier alpha value is -2.55. The third-order valence-corrected chi connectivity index (χ3v) is 6.89. The van der Waals surface area contributed by atoms with Gasteiger partial charge in [-0.2, -0.15) is 18.3 Å². The van der Waals surface area contributed by atoms with Crippen molar-refractivity contribution in [2.24, 2.45) is 0 Å². The molecule has 0 spiro atoms. The predicted molar refractivity (Wildman–Crippen MR) is 115 cm³/mol. The highest BCUT2D eigenvalue weighted by atomic mass is 19.4. The van der Waals surface area contributed by atoms with Crippen LogP contribution >= 0.6 is 0 Å². The highest BCUT2D eigenvalue weighted by Gasteiger charge is 2.34. The molecule has 1 amide bonds. The number of alkyl halides is 3. The number of piperidine rings is 1. The molecule has 32 heavy (non-hydrogen) atoms. The fraction of sp³-hybridized carbons (Fsp3) is 0.565. The van der Waals surface area contributed by atoms with Gasteiger partial charge in [0.15, 0.2) is 0 Å². The van der Waals surface area contributed by atoms with Crippen LogP contribution in [-0.2, 0) is 6.18 Å². The summed E-state index contributed by atoms with van der Waals surface area (Å²) in [5, 5.41) is 7.25. The number of likely N-dealkylation sites (tertiary alicyclic amines) is 1. The van der Waals surface area contributed by atoms with E-state index in [0.717, 1.165) is 57.1 Å². The largest absolute Gasteiger partial charge is 0.416 e. The number of amides is 1. The second-order valence-electron chi connectivity index (χ2n) is 9.10. The van der Waals surface area contributed by atoms with Gasteiger partial charge in [0.2, 0.25) is 0 Å². The summed E-state index contributed by atoms with van der Waals surface area (Å²) in [6, 6.07) is 7.73. The molecule has 3 heterocycles. The molecule has 0 unspecified atom stereocenters. The molecule has 6 nitrogen and oxygen atoms in total. The number of piperazine rings is 1. The summed E-state index contributed by atoms with van der Waals surface area (Å²) < 4.78 is 39.1. The third kappa shape index (κ3) is 4.48. The van der Waals surface area contributed by atoms with E-state index in [4.69, 9.17) is 0 Å². The minimum Gasteiger partial charge on any atom is -0.369 e. The van der Waals surface area contributed by atoms with Crippen LogP contribution in [0.25, 0.3) is 0 Å². The molecule has 1 atom stereocenters. The highest BCUT2D eigenvalue weighted by Crippen LogP contribution is 2.39. The van der Waals surface area contributed by atoms with Crippen molar-refractivity contribution >= 4 is 11.6 Å². The summed E-state index contributed by atoms with van der Waals surface area (Å²) >= 11 is 0. The van der Waals surface area contributed by atoms with Crippen LogP contribution in [0.2, 0.25) is 0 Å². The summed E-state index contributed by atoms with van der Waals surface area (Å²) in [6.07, 6.45) is -0.0305. The van der Waals surface area contributed by atoms with Crippen LogP contribution < -0.4 is 4.90 Å². The number of rotatable bonds is 4. The smallest absolute Gasteiger partial charge is 0.369 e. The molecule has 0 bridgehead atoms. The topological polar surface area (TPSA) is 55.5 Å². The fourth-order valence-corrected chi connectivity index (χ4v) is 4.87. The van der Waals surface area contributed by atoms with Crippen LogP contribution in [0.15, 0.2) is 30.3 Å². The van der Waals surface area contributed by atoms with Gasteiger partial charge in [-0.1, -0.05) is 6.07 Å². The van der Waals surface area contributed by atoms with Crippen LogP contribution in [0.4, 0.5) is 18.9 Å². The molecule has 2 aromatic rings. The molecule has 9 heteroatoms. The lowest BCUT2D eigenvalue weighted by atomic mass is 10.0. The molecule has 3 aliphatic rings. The molecule has 0 radical (unpaired) electrons. The normalized spacial score (nSPS) is 22.9. The second kappa shape index (κ2) is 8.42. The molecule has 2 saturated heterocycles. The fourth-order valence-electron chi connectivity index (χ4n) is 4.87. The van der Waals surface area contributed by atoms with Crippen LogP contribution in [0.1, 0.15) is 53.3 Å². The van der Waals surface area contributed by atoms with Gasteiger partial charge in [0.25, 0.3) is 5.91 Å². The molecule has 1 aromatic heterocycles. The van der Waals surface area contributed by atoms with Crippen molar-refractivity contribution in [3.63, 3.8) is 0 Å². The van der Waals surface area contributed by atoms with Gasteiger partial charge in [0.05, 0.1) is 5.56 Å². The number of anilines is 1. The van der Waals surface area contributed by atoms with E-state index < -0.39 is 11.7 Å². The third-order valence-electron chi connectivity index (χ3n) is 6.89.